The molecule has 0 saturated carbocycles. The van der Waals surface area contributed by atoms with Crippen molar-refractivity contribution < 1.29 is 4.79 Å². The molecule has 0 bridgehead atoms. The fraction of sp³-hybridized carbons (Fsp3) is 0.278. The number of anilines is 2. The van der Waals surface area contributed by atoms with Crippen LogP contribution < -0.4 is 10.6 Å². The van der Waals surface area contributed by atoms with Crippen LogP contribution in [0.1, 0.15) is 36.2 Å². The summed E-state index contributed by atoms with van der Waals surface area (Å²) < 4.78 is 0. The Hall–Kier alpha value is -2.25. The van der Waals surface area contributed by atoms with E-state index in [0.29, 0.717) is 11.2 Å². The number of hydrogen-bond acceptors (Lipinski definition) is 6. The highest BCUT2D eigenvalue weighted by Crippen LogP contribution is 2.37. The molecular weight excluding hydrogens is 352 g/mol. The van der Waals surface area contributed by atoms with Crippen LogP contribution in [0.4, 0.5) is 10.3 Å². The molecule has 0 spiro atoms. The van der Waals surface area contributed by atoms with Crippen molar-refractivity contribution in [3.63, 3.8) is 0 Å². The summed E-state index contributed by atoms with van der Waals surface area (Å²) in [6.45, 7) is 3.43. The summed E-state index contributed by atoms with van der Waals surface area (Å²) in [6, 6.07) is 8.92. The summed E-state index contributed by atoms with van der Waals surface area (Å²) in [5, 5.41) is 9.89. The number of aromatic nitrogens is 2. The predicted molar refractivity (Wildman–Crippen MR) is 103 cm³/mol. The predicted octanol–water partition coefficient (Wildman–Crippen LogP) is 4.63. The summed E-state index contributed by atoms with van der Waals surface area (Å²) in [6.07, 6.45) is 2.21. The standard InChI is InChI=1S/C18H18N4OS2/c1-10-16(25-18(19-10)20-11(2)23)15-9-24-17(22-15)21-14-8-7-12-5-3-4-6-13(12)14/h3-6,9,14H,7-8H2,1-2H3,(H,21,22)(H,19,20,23). The number of rotatable bonds is 4. The van der Waals surface area contributed by atoms with Gasteiger partial charge in [0, 0.05) is 12.3 Å². The van der Waals surface area contributed by atoms with Gasteiger partial charge in [-0.1, -0.05) is 35.6 Å². The third-order valence-electron chi connectivity index (χ3n) is 4.25. The molecule has 1 unspecified atom stereocenters. The highest BCUT2D eigenvalue weighted by molar-refractivity contribution is 7.19. The number of fused-ring (bicyclic) bond motifs is 1. The number of carbonyl (C=O) groups is 1. The van der Waals surface area contributed by atoms with Gasteiger partial charge in [-0.05, 0) is 30.9 Å². The van der Waals surface area contributed by atoms with E-state index in [-0.39, 0.29) is 5.91 Å². The molecule has 0 aliphatic heterocycles. The lowest BCUT2D eigenvalue weighted by atomic mass is 10.1. The lowest BCUT2D eigenvalue weighted by Gasteiger charge is -2.12. The van der Waals surface area contributed by atoms with Crippen LogP contribution in [0.2, 0.25) is 0 Å². The number of aryl methyl sites for hydroxylation is 2. The molecule has 128 valence electrons. The summed E-state index contributed by atoms with van der Waals surface area (Å²) >= 11 is 3.07. The maximum atomic E-state index is 11.2. The maximum Gasteiger partial charge on any atom is 0.223 e. The molecule has 1 aliphatic carbocycles. The van der Waals surface area contributed by atoms with Gasteiger partial charge in [-0.2, -0.15) is 0 Å². The van der Waals surface area contributed by atoms with Crippen molar-refractivity contribution in [1.29, 1.82) is 0 Å². The van der Waals surface area contributed by atoms with Gasteiger partial charge in [0.15, 0.2) is 10.3 Å². The second-order valence-electron chi connectivity index (χ2n) is 6.09. The van der Waals surface area contributed by atoms with E-state index in [0.717, 1.165) is 34.2 Å². The number of thiazole rings is 2. The molecule has 2 aromatic heterocycles. The molecule has 25 heavy (non-hydrogen) atoms. The van der Waals surface area contributed by atoms with Gasteiger partial charge >= 0.3 is 0 Å². The number of carbonyl (C=O) groups excluding carboxylic acids is 1. The lowest BCUT2D eigenvalue weighted by molar-refractivity contribution is -0.114. The average molecular weight is 371 g/mol. The zero-order valence-corrected chi connectivity index (χ0v) is 15.6. The van der Waals surface area contributed by atoms with Gasteiger partial charge in [0.25, 0.3) is 0 Å². The number of benzene rings is 1. The fourth-order valence-electron chi connectivity index (χ4n) is 3.14. The third-order valence-corrected chi connectivity index (χ3v) is 6.12. The van der Waals surface area contributed by atoms with Crippen molar-refractivity contribution in [3.8, 4) is 10.6 Å². The van der Waals surface area contributed by atoms with Crippen molar-refractivity contribution in [2.24, 2.45) is 0 Å². The zero-order chi connectivity index (χ0) is 17.4. The molecule has 2 heterocycles. The molecule has 0 radical (unpaired) electrons. The van der Waals surface area contributed by atoms with E-state index < -0.39 is 0 Å². The van der Waals surface area contributed by atoms with E-state index >= 15 is 0 Å². The van der Waals surface area contributed by atoms with Crippen LogP contribution in [0.3, 0.4) is 0 Å². The van der Waals surface area contributed by atoms with Gasteiger partial charge in [0.1, 0.15) is 0 Å². The van der Waals surface area contributed by atoms with Crippen molar-refractivity contribution in [2.75, 3.05) is 10.6 Å². The Balaban J connectivity index is 1.53. The van der Waals surface area contributed by atoms with Gasteiger partial charge in [0.05, 0.1) is 22.3 Å². The molecule has 1 amide bonds. The lowest BCUT2D eigenvalue weighted by Crippen LogP contribution is -2.06. The molecule has 1 aliphatic rings. The minimum atomic E-state index is -0.110. The Kier molecular flexibility index (Phi) is 4.27. The van der Waals surface area contributed by atoms with E-state index in [1.807, 2.05) is 12.3 Å². The van der Waals surface area contributed by atoms with Gasteiger partial charge in [-0.25, -0.2) is 9.97 Å². The smallest absolute Gasteiger partial charge is 0.223 e. The zero-order valence-electron chi connectivity index (χ0n) is 14.0. The van der Waals surface area contributed by atoms with Gasteiger partial charge < -0.3 is 10.6 Å². The Bertz CT molecular complexity index is 931. The summed E-state index contributed by atoms with van der Waals surface area (Å²) in [5.41, 5.74) is 4.60. The molecule has 5 nitrogen and oxygen atoms in total. The van der Waals surface area contributed by atoms with Crippen molar-refractivity contribution in [1.82, 2.24) is 9.97 Å². The van der Waals surface area contributed by atoms with Crippen molar-refractivity contribution in [3.05, 3.63) is 46.5 Å². The van der Waals surface area contributed by atoms with Crippen LogP contribution in [-0.2, 0) is 11.2 Å². The van der Waals surface area contributed by atoms with E-state index in [1.165, 1.54) is 29.4 Å². The average Bonchev–Trinajstić information content (AvgIpc) is 3.27. The molecule has 1 aromatic carbocycles. The Morgan fingerprint density at radius 3 is 2.92 bits per heavy atom. The first-order chi connectivity index (χ1) is 12.1. The number of nitrogens with one attached hydrogen (secondary N) is 2. The van der Waals surface area contributed by atoms with Crippen LogP contribution in [0, 0.1) is 6.92 Å². The minimum Gasteiger partial charge on any atom is -0.355 e. The number of hydrogen-bond donors (Lipinski definition) is 2. The summed E-state index contributed by atoms with van der Waals surface area (Å²) in [4.78, 5) is 21.3. The quantitative estimate of drug-likeness (QED) is 0.702. The van der Waals surface area contributed by atoms with Gasteiger partial charge in [-0.3, -0.25) is 4.79 Å². The van der Waals surface area contributed by atoms with Crippen molar-refractivity contribution >= 4 is 38.8 Å². The molecule has 0 saturated heterocycles. The van der Waals surface area contributed by atoms with E-state index in [2.05, 4.69) is 39.9 Å². The molecule has 4 rings (SSSR count). The second kappa shape index (κ2) is 6.57. The fourth-order valence-corrected chi connectivity index (χ4v) is 4.94. The first kappa shape index (κ1) is 16.2. The van der Waals surface area contributed by atoms with Gasteiger partial charge in [-0.15, -0.1) is 11.3 Å². The summed E-state index contributed by atoms with van der Waals surface area (Å²) in [5.74, 6) is -0.110. The van der Waals surface area contributed by atoms with Crippen LogP contribution >= 0.6 is 22.7 Å². The normalized spacial score (nSPS) is 15.8. The Morgan fingerprint density at radius 2 is 2.08 bits per heavy atom. The van der Waals surface area contributed by atoms with Crippen molar-refractivity contribution in [2.45, 2.75) is 32.7 Å². The van der Waals surface area contributed by atoms with Crippen LogP contribution in [0.25, 0.3) is 10.6 Å². The number of nitrogens with zero attached hydrogens (tertiary/aromatic N) is 2. The van der Waals surface area contributed by atoms with E-state index in [4.69, 9.17) is 4.98 Å². The van der Waals surface area contributed by atoms with Crippen LogP contribution in [0.5, 0.6) is 0 Å². The number of amides is 1. The van der Waals surface area contributed by atoms with E-state index in [9.17, 15) is 4.79 Å². The molecule has 2 N–H and O–H groups in total. The Labute approximate surface area is 154 Å². The second-order valence-corrected chi connectivity index (χ2v) is 7.94. The first-order valence-corrected chi connectivity index (χ1v) is 9.85. The molecule has 3 aromatic rings. The largest absolute Gasteiger partial charge is 0.355 e. The van der Waals surface area contributed by atoms with Gasteiger partial charge in [0.2, 0.25) is 5.91 Å². The first-order valence-electron chi connectivity index (χ1n) is 8.15. The minimum absolute atomic E-state index is 0.110. The third kappa shape index (κ3) is 3.29. The topological polar surface area (TPSA) is 66.9 Å². The molecule has 7 heteroatoms. The molecule has 1 atom stereocenters. The molecular formula is C18H18N4OS2. The monoisotopic (exact) mass is 370 g/mol. The van der Waals surface area contributed by atoms with Crippen LogP contribution in [-0.4, -0.2) is 15.9 Å². The SMILES string of the molecule is CC(=O)Nc1nc(C)c(-c2csc(NC3CCc4ccccc43)n2)s1. The maximum absolute atomic E-state index is 11.2. The summed E-state index contributed by atoms with van der Waals surface area (Å²) in [7, 11) is 0. The van der Waals surface area contributed by atoms with E-state index in [1.54, 1.807) is 11.3 Å². The molecule has 0 fully saturated rings. The highest BCUT2D eigenvalue weighted by atomic mass is 32.1. The highest BCUT2D eigenvalue weighted by Gasteiger charge is 2.23. The Morgan fingerprint density at radius 1 is 1.24 bits per heavy atom. The van der Waals surface area contributed by atoms with Crippen LogP contribution in [0.15, 0.2) is 29.6 Å².